The average Bonchev–Trinajstić information content (AvgIpc) is 1.58. The minimum Gasteiger partial charge on any atom is -0.369 e. The maximum absolute atomic E-state index is 13.9. The van der Waals surface area contributed by atoms with Crippen LogP contribution in [0, 0.1) is 11.8 Å². The summed E-state index contributed by atoms with van der Waals surface area (Å²) < 4.78 is 4.10. The summed E-state index contributed by atoms with van der Waals surface area (Å²) in [6, 6.07) is 74.6. The van der Waals surface area contributed by atoms with Crippen molar-refractivity contribution < 1.29 is 33.6 Å². The number of likely N-dealkylation sites (N-methyl/N-ethyl adjacent to an activating group) is 1. The monoisotopic (exact) mass is 2040 g/mol. The summed E-state index contributed by atoms with van der Waals surface area (Å²) >= 11 is 10.1. The van der Waals surface area contributed by atoms with E-state index in [4.69, 9.17) is 43.6 Å². The van der Waals surface area contributed by atoms with E-state index in [1.807, 2.05) is 213 Å². The molecule has 28 nitrogen and oxygen atoms in total. The fourth-order valence-corrected chi connectivity index (χ4v) is 23.5. The summed E-state index contributed by atoms with van der Waals surface area (Å²) in [5.74, 6) is 2.71. The highest BCUT2D eigenvalue weighted by Gasteiger charge is 2.52. The van der Waals surface area contributed by atoms with Crippen molar-refractivity contribution in [3.05, 3.63) is 312 Å². The van der Waals surface area contributed by atoms with Crippen LogP contribution >= 0.6 is 61.3 Å². The molecule has 7 aromatic carbocycles. The van der Waals surface area contributed by atoms with Crippen LogP contribution in [0.2, 0.25) is 0 Å². The Morgan fingerprint density at radius 3 is 1.79 bits per heavy atom. The lowest BCUT2D eigenvalue weighted by molar-refractivity contribution is -0.132. The number of nitrogens with two attached hydrogens (primary N) is 5. The molecule has 0 spiro atoms. The Labute approximate surface area is 849 Å². The second-order valence-corrected chi connectivity index (χ2v) is 42.4. The number of carbonyl (C=O) groups is 7. The molecule has 7 aliphatic rings. The van der Waals surface area contributed by atoms with Gasteiger partial charge in [0, 0.05) is 97.0 Å². The maximum atomic E-state index is 13.9. The van der Waals surface area contributed by atoms with Crippen molar-refractivity contribution in [1.29, 1.82) is 0 Å². The molecule has 0 saturated heterocycles. The number of fused-ring (bicyclic) bond motifs is 3. The number of carbonyl (C=O) groups excluding carboxylic acids is 7. The quantitative estimate of drug-likeness (QED) is 0.0373. The van der Waals surface area contributed by atoms with E-state index in [1.165, 1.54) is 77.1 Å². The number of aliphatic imine (C=N–C) groups is 5. The fourth-order valence-electron chi connectivity index (χ4n) is 19.6. The molecule has 14 aromatic rings. The smallest absolute Gasteiger partial charge is 0.270 e. The van der Waals surface area contributed by atoms with Crippen LogP contribution in [0.3, 0.4) is 0 Å². The highest BCUT2D eigenvalue weighted by Crippen LogP contribution is 2.47. The Bertz CT molecular complexity index is 7130. The van der Waals surface area contributed by atoms with Crippen molar-refractivity contribution >= 4 is 170 Å². The number of nitrogens with zero attached hydrogens (tertiary/aromatic N) is 14. The summed E-state index contributed by atoms with van der Waals surface area (Å²) in [5.41, 5.74) is 37.3. The average molecular weight is 2040 g/mol. The molecular weight excluding hydrogens is 1920 g/mol. The number of hydrogen-bond donors (Lipinski definition) is 7. The Balaban J connectivity index is 0.000000123. The van der Waals surface area contributed by atoms with Crippen molar-refractivity contribution in [1.82, 2.24) is 49.6 Å². The van der Waals surface area contributed by atoms with Crippen LogP contribution in [-0.4, -0.2) is 155 Å². The van der Waals surface area contributed by atoms with Crippen molar-refractivity contribution in [2.24, 2.45) is 65.5 Å². The molecule has 6 atom stereocenters. The molecule has 12 N–H and O–H groups in total. The maximum Gasteiger partial charge on any atom is 0.270 e. The molecule has 2 fully saturated rings. The number of thiophene rings is 4. The molecule has 33 heteroatoms. The first-order chi connectivity index (χ1) is 68.3. The van der Waals surface area contributed by atoms with E-state index in [2.05, 4.69) is 116 Å². The van der Waals surface area contributed by atoms with Gasteiger partial charge in [-0.3, -0.25) is 63.0 Å². The van der Waals surface area contributed by atoms with Gasteiger partial charge in [0.2, 0.25) is 23.6 Å². The topological polar surface area (TPSA) is 395 Å². The zero-order chi connectivity index (χ0) is 99.8. The molecule has 142 heavy (non-hydrogen) atoms. The molecule has 12 heterocycles. The second kappa shape index (κ2) is 42.7. The number of amides is 7. The molecule has 7 aromatic heterocycles. The van der Waals surface area contributed by atoms with E-state index in [9.17, 15) is 33.6 Å². The van der Waals surface area contributed by atoms with E-state index < -0.39 is 27.7 Å². The van der Waals surface area contributed by atoms with Crippen LogP contribution in [0.25, 0.3) is 59.3 Å². The number of halogens is 1. The summed E-state index contributed by atoms with van der Waals surface area (Å²) in [4.78, 5) is 131. The van der Waals surface area contributed by atoms with Crippen LogP contribution in [0.15, 0.2) is 294 Å². The molecule has 2 aliphatic carbocycles. The highest BCUT2D eigenvalue weighted by atomic mass is 79.9. The van der Waals surface area contributed by atoms with Gasteiger partial charge in [0.05, 0.1) is 60.5 Å². The van der Waals surface area contributed by atoms with Gasteiger partial charge in [-0.1, -0.05) is 194 Å². The number of hydrogen-bond acceptors (Lipinski definition) is 24. The molecule has 5 aliphatic heterocycles. The molecule has 0 unspecified atom stereocenters. The van der Waals surface area contributed by atoms with Crippen LogP contribution < -0.4 is 39.3 Å². The lowest BCUT2D eigenvalue weighted by Gasteiger charge is -2.35. The number of aromatic nitrogens is 4. The number of benzene rings is 7. The van der Waals surface area contributed by atoms with Crippen molar-refractivity contribution in [2.45, 2.75) is 164 Å². The molecular formula is C109H114BrN21O7S4. The Hall–Kier alpha value is -14.3. The lowest BCUT2D eigenvalue weighted by atomic mass is 9.74. The molecule has 2 saturated carbocycles. The predicted octanol–water partition coefficient (Wildman–Crippen LogP) is 18.7. The van der Waals surface area contributed by atoms with Gasteiger partial charge >= 0.3 is 0 Å². The fraction of sp³-hybridized carbons (Fsp3) is 0.294. The van der Waals surface area contributed by atoms with Gasteiger partial charge in [0.25, 0.3) is 17.7 Å². The van der Waals surface area contributed by atoms with Crippen LogP contribution in [0.4, 0.5) is 5.69 Å². The van der Waals surface area contributed by atoms with E-state index >= 15 is 0 Å². The Morgan fingerprint density at radius 2 is 1.15 bits per heavy atom. The van der Waals surface area contributed by atoms with E-state index in [0.717, 1.165) is 126 Å². The minimum atomic E-state index is -1.22. The first-order valence-corrected chi connectivity index (χ1v) is 51.8. The minimum absolute atomic E-state index is 0.00565. The van der Waals surface area contributed by atoms with Gasteiger partial charge in [-0.25, -0.2) is 34.6 Å². The van der Waals surface area contributed by atoms with Crippen molar-refractivity contribution in [3.8, 4) is 27.4 Å². The third-order valence-corrected chi connectivity index (χ3v) is 32.1. The zero-order valence-electron chi connectivity index (χ0n) is 80.2. The Kier molecular flexibility index (Phi) is 29.8. The SMILES string of the molecule is CN1C(=O)C[C@@](C)(c2cc(-c3cccc(Br)c3)cs2)N=C1N.CN1C(=O)C[C@@](C)(c2ccc3c(cnn3-c3ccc4ccccc4n3)c2)N=C1N.CN1C(=O)C[C@@](C)(c2ccc3scc(-c4cccs4)c3c2)N=C1N.CN1C(=O)[C@@](CCC2CCCCC2)(C[C@H]2CCC[C@@H](NC(=O)c3ccccn3)C2)N=C1N.NC1=NC(c2ccccc2)(c2ccccc2)C(=O)N1Cc1ccc(NC(=O)Cc2cccs2)cc1. The number of guanidine groups is 5. The third kappa shape index (κ3) is 21.8. The summed E-state index contributed by atoms with van der Waals surface area (Å²) in [6.45, 7) is 6.14. The van der Waals surface area contributed by atoms with Crippen LogP contribution in [0.1, 0.15) is 165 Å². The molecule has 21 rings (SSSR count). The lowest BCUT2D eigenvalue weighted by Crippen LogP contribution is -2.47. The van der Waals surface area contributed by atoms with Gasteiger partial charge in [-0.05, 0) is 217 Å². The van der Waals surface area contributed by atoms with Gasteiger partial charge < -0.3 is 39.3 Å². The Morgan fingerprint density at radius 1 is 0.514 bits per heavy atom. The normalized spacial score (nSPS) is 21.2. The number of rotatable bonds is 20. The molecule has 0 radical (unpaired) electrons. The van der Waals surface area contributed by atoms with Gasteiger partial charge in [-0.2, -0.15) is 5.10 Å². The molecule has 7 amide bonds. The first-order valence-electron chi connectivity index (χ1n) is 47.5. The first kappa shape index (κ1) is 99.3. The third-order valence-electron chi connectivity index (χ3n) is 27.7. The zero-order valence-corrected chi connectivity index (χ0v) is 85.0. The van der Waals surface area contributed by atoms with E-state index in [0.29, 0.717) is 48.4 Å². The largest absolute Gasteiger partial charge is 0.369 e. The number of para-hydroxylation sites is 1. The highest BCUT2D eigenvalue weighted by molar-refractivity contribution is 9.10. The summed E-state index contributed by atoms with van der Waals surface area (Å²) in [5, 5.41) is 22.2. The number of nitrogens with one attached hydrogen (secondary N) is 2. The van der Waals surface area contributed by atoms with Gasteiger partial charge in [0.15, 0.2) is 41.2 Å². The standard InChI is InChI=1S/C28H24N4O2S.C25H37N5O2.C22H20N6O.C18H17N3OS2.C16H16BrN3OS/c29-27-31-28(21-8-3-1-4-9-21,22-10-5-2-6-11-22)26(34)32(27)19-20-13-15-23(16-14-20)30-25(33)18-24-12-7-17-35-24;1-30-23(32)25(29-24(30)26,14-13-18-8-3-2-4-9-18)17-19-10-7-11-20(16-19)28-22(31)21-12-5-6-15-27-21;1-22(12-20(29)27(2)21(23)26-22)16-8-9-18-15(11-16)13-24-28(18)19-10-7-14-5-3-4-6-17(14)25-19;1-18(9-16(22)21(2)17(19)20-18)11-5-6-15-12(8-11)13(10-24-15)14-4-3-7-23-14;1-16(8-14(21)20(2)15(18)19-16)13-7-11(9-22-13)10-4-3-5-12(17)6-10/h1-17H,18-19H2,(H2,29,31)(H,30,33);5-6,12,15,18-20H,2-4,7-11,13-14,16-17H2,1H3,(H2,26,29)(H,28,31);3-11,13H,12H2,1-2H3,(H2,23,26);3-8,10H,9H2,1-2H3,(H2,19,20);3-7,9H,8H2,1-2H3,(H2,18,19)/t;19-,20+,25+;22-;18-;16-/m.0000/s1. The summed E-state index contributed by atoms with van der Waals surface area (Å²) in [6.07, 6.45) is 17.7. The van der Waals surface area contributed by atoms with E-state index in [1.54, 1.807) is 85.8 Å². The predicted molar refractivity (Wildman–Crippen MR) is 572 cm³/mol. The molecule has 0 bridgehead atoms. The van der Waals surface area contributed by atoms with Crippen molar-refractivity contribution in [2.75, 3.05) is 33.5 Å². The summed E-state index contributed by atoms with van der Waals surface area (Å²) in [7, 11) is 6.70. The van der Waals surface area contributed by atoms with Gasteiger partial charge in [-0.15, -0.1) is 45.3 Å². The van der Waals surface area contributed by atoms with E-state index in [-0.39, 0.29) is 84.2 Å². The van der Waals surface area contributed by atoms with Crippen LogP contribution in [-0.2, 0) is 63.9 Å². The number of pyridine rings is 2. The van der Waals surface area contributed by atoms with Gasteiger partial charge in [0.1, 0.15) is 16.8 Å². The van der Waals surface area contributed by atoms with Crippen LogP contribution in [0.5, 0.6) is 0 Å². The van der Waals surface area contributed by atoms with Crippen molar-refractivity contribution in [3.63, 3.8) is 0 Å². The number of anilines is 1. The second-order valence-electron chi connectivity index (χ2n) is 37.7. The molecule has 728 valence electrons.